The van der Waals surface area contributed by atoms with E-state index in [1.165, 1.54) is 18.3 Å². The molecule has 2 aromatic carbocycles. The second-order valence-corrected chi connectivity index (χ2v) is 6.50. The monoisotopic (exact) mass is 412 g/mol. The standard InChI is InChI=1S/C21H17ClN2O5/c1-13-2-5-15(6-3-13)28-12-20(25)24-23-11-16-7-9-19(29-16)14-4-8-18(22)17(10-14)21(26)27/h2-11H,12H2,1H3,(H,24,25)(H,26,27)/b23-11-. The van der Waals surface area contributed by atoms with E-state index in [4.69, 9.17) is 25.9 Å². The molecule has 148 valence electrons. The summed E-state index contributed by atoms with van der Waals surface area (Å²) in [6, 6.07) is 15.2. The lowest BCUT2D eigenvalue weighted by Gasteiger charge is -2.04. The smallest absolute Gasteiger partial charge is 0.337 e. The van der Waals surface area contributed by atoms with Crippen LogP contribution in [0.1, 0.15) is 21.7 Å². The summed E-state index contributed by atoms with van der Waals surface area (Å²) in [7, 11) is 0. The van der Waals surface area contributed by atoms with Crippen LogP contribution in [-0.2, 0) is 4.79 Å². The molecule has 7 nitrogen and oxygen atoms in total. The van der Waals surface area contributed by atoms with Crippen LogP contribution in [-0.4, -0.2) is 29.8 Å². The zero-order chi connectivity index (χ0) is 20.8. The lowest BCUT2D eigenvalue weighted by Crippen LogP contribution is -2.24. The van der Waals surface area contributed by atoms with Crippen LogP contribution in [0.25, 0.3) is 11.3 Å². The highest BCUT2D eigenvalue weighted by Crippen LogP contribution is 2.26. The van der Waals surface area contributed by atoms with Crippen molar-refractivity contribution in [3.8, 4) is 17.1 Å². The molecule has 8 heteroatoms. The van der Waals surface area contributed by atoms with E-state index in [-0.39, 0.29) is 17.2 Å². The summed E-state index contributed by atoms with van der Waals surface area (Å²) in [4.78, 5) is 23.0. The minimum Gasteiger partial charge on any atom is -0.484 e. The van der Waals surface area contributed by atoms with Crippen LogP contribution in [0.15, 0.2) is 64.1 Å². The third-order valence-electron chi connectivity index (χ3n) is 3.88. The summed E-state index contributed by atoms with van der Waals surface area (Å²) in [5.41, 5.74) is 3.98. The molecule has 0 aliphatic heterocycles. The fraction of sp³-hybridized carbons (Fsp3) is 0.0952. The number of aryl methyl sites for hydroxylation is 1. The van der Waals surface area contributed by atoms with Crippen molar-refractivity contribution >= 4 is 29.7 Å². The Labute approximate surface area is 171 Å². The van der Waals surface area contributed by atoms with Gasteiger partial charge < -0.3 is 14.3 Å². The number of hydrogen-bond donors (Lipinski definition) is 2. The molecular formula is C21H17ClN2O5. The Kier molecular flexibility index (Phi) is 6.31. The van der Waals surface area contributed by atoms with Crippen molar-refractivity contribution in [2.24, 2.45) is 5.10 Å². The summed E-state index contributed by atoms with van der Waals surface area (Å²) in [5, 5.41) is 13.1. The highest BCUT2D eigenvalue weighted by Gasteiger charge is 2.12. The number of furan rings is 1. The molecule has 0 spiro atoms. The average molecular weight is 413 g/mol. The van der Waals surface area contributed by atoms with Gasteiger partial charge in [0.25, 0.3) is 5.91 Å². The van der Waals surface area contributed by atoms with Crippen molar-refractivity contribution in [2.75, 3.05) is 6.61 Å². The number of benzene rings is 2. The van der Waals surface area contributed by atoms with Crippen LogP contribution in [0.2, 0.25) is 5.02 Å². The summed E-state index contributed by atoms with van der Waals surface area (Å²) < 4.78 is 11.0. The van der Waals surface area contributed by atoms with Crippen molar-refractivity contribution in [1.82, 2.24) is 5.43 Å². The second-order valence-electron chi connectivity index (χ2n) is 6.10. The molecule has 0 aliphatic rings. The number of hydrogen-bond acceptors (Lipinski definition) is 5. The summed E-state index contributed by atoms with van der Waals surface area (Å²) >= 11 is 5.87. The fourth-order valence-corrected chi connectivity index (χ4v) is 2.60. The fourth-order valence-electron chi connectivity index (χ4n) is 2.40. The Morgan fingerprint density at radius 3 is 2.66 bits per heavy atom. The van der Waals surface area contributed by atoms with Crippen LogP contribution in [0, 0.1) is 6.92 Å². The number of rotatable bonds is 7. The van der Waals surface area contributed by atoms with Crippen LogP contribution in [0.4, 0.5) is 0 Å². The molecule has 0 atom stereocenters. The van der Waals surface area contributed by atoms with Gasteiger partial charge >= 0.3 is 5.97 Å². The van der Waals surface area contributed by atoms with Gasteiger partial charge in [-0.15, -0.1) is 0 Å². The van der Waals surface area contributed by atoms with E-state index in [0.717, 1.165) is 5.56 Å². The van der Waals surface area contributed by atoms with E-state index < -0.39 is 11.9 Å². The van der Waals surface area contributed by atoms with Crippen LogP contribution in [0.3, 0.4) is 0 Å². The maximum absolute atomic E-state index is 11.8. The summed E-state index contributed by atoms with van der Waals surface area (Å²) in [5.74, 6) is -0.126. The van der Waals surface area contributed by atoms with E-state index in [1.807, 2.05) is 19.1 Å². The van der Waals surface area contributed by atoms with Gasteiger partial charge in [-0.25, -0.2) is 10.2 Å². The number of hydrazone groups is 1. The van der Waals surface area contributed by atoms with E-state index in [1.54, 1.807) is 30.3 Å². The van der Waals surface area contributed by atoms with Crippen LogP contribution in [0.5, 0.6) is 5.75 Å². The quantitative estimate of drug-likeness (QED) is 0.448. The maximum atomic E-state index is 11.8. The van der Waals surface area contributed by atoms with Gasteiger partial charge in [-0.3, -0.25) is 4.79 Å². The Bertz CT molecular complexity index is 1060. The molecule has 0 saturated heterocycles. The third-order valence-corrected chi connectivity index (χ3v) is 4.21. The number of halogens is 1. The van der Waals surface area contributed by atoms with Crippen molar-refractivity contribution < 1.29 is 23.8 Å². The molecule has 0 bridgehead atoms. The highest BCUT2D eigenvalue weighted by molar-refractivity contribution is 6.33. The van der Waals surface area contributed by atoms with Gasteiger partial charge in [-0.1, -0.05) is 29.3 Å². The Morgan fingerprint density at radius 2 is 1.93 bits per heavy atom. The number of amides is 1. The molecule has 1 heterocycles. The van der Waals surface area contributed by atoms with Gasteiger partial charge in [-0.05, 0) is 49.4 Å². The van der Waals surface area contributed by atoms with Crippen molar-refractivity contribution in [1.29, 1.82) is 0 Å². The molecule has 3 rings (SSSR count). The topological polar surface area (TPSA) is 101 Å². The Morgan fingerprint density at radius 1 is 1.17 bits per heavy atom. The molecule has 0 saturated carbocycles. The Balaban J connectivity index is 1.56. The zero-order valence-electron chi connectivity index (χ0n) is 15.4. The number of carbonyl (C=O) groups excluding carboxylic acids is 1. The first-order valence-electron chi connectivity index (χ1n) is 8.57. The number of ether oxygens (including phenoxy) is 1. The van der Waals surface area contributed by atoms with Crippen molar-refractivity contribution in [3.05, 3.63) is 76.5 Å². The summed E-state index contributed by atoms with van der Waals surface area (Å²) in [6.07, 6.45) is 1.33. The zero-order valence-corrected chi connectivity index (χ0v) is 16.1. The molecule has 0 unspecified atom stereocenters. The minimum absolute atomic E-state index is 0.0170. The largest absolute Gasteiger partial charge is 0.484 e. The van der Waals surface area contributed by atoms with E-state index in [2.05, 4.69) is 10.5 Å². The number of aromatic carboxylic acids is 1. The van der Waals surface area contributed by atoms with Gasteiger partial charge in [0.2, 0.25) is 0 Å². The molecule has 2 N–H and O–H groups in total. The maximum Gasteiger partial charge on any atom is 0.337 e. The predicted molar refractivity (Wildman–Crippen MR) is 109 cm³/mol. The molecule has 3 aromatic rings. The Hall–Kier alpha value is -3.58. The van der Waals surface area contributed by atoms with Crippen molar-refractivity contribution in [3.63, 3.8) is 0 Å². The second kappa shape index (κ2) is 9.07. The molecule has 0 fully saturated rings. The van der Waals surface area contributed by atoms with Gasteiger partial charge in [0.15, 0.2) is 6.61 Å². The number of carboxylic acids is 1. The molecule has 0 radical (unpaired) electrons. The van der Waals surface area contributed by atoms with Gasteiger partial charge in [-0.2, -0.15) is 5.10 Å². The summed E-state index contributed by atoms with van der Waals surface area (Å²) in [6.45, 7) is 1.79. The number of carbonyl (C=O) groups is 2. The lowest BCUT2D eigenvalue weighted by molar-refractivity contribution is -0.123. The lowest BCUT2D eigenvalue weighted by atomic mass is 10.1. The van der Waals surface area contributed by atoms with Gasteiger partial charge in [0.05, 0.1) is 16.8 Å². The van der Waals surface area contributed by atoms with E-state index >= 15 is 0 Å². The number of nitrogens with zero attached hydrogens (tertiary/aromatic N) is 1. The van der Waals surface area contributed by atoms with E-state index in [0.29, 0.717) is 22.8 Å². The molecular weight excluding hydrogens is 396 g/mol. The number of nitrogens with one attached hydrogen (secondary N) is 1. The minimum atomic E-state index is -1.12. The van der Waals surface area contributed by atoms with Crippen molar-refractivity contribution in [2.45, 2.75) is 6.92 Å². The van der Waals surface area contributed by atoms with Crippen LogP contribution < -0.4 is 10.2 Å². The first kappa shape index (κ1) is 20.2. The molecule has 1 amide bonds. The first-order valence-corrected chi connectivity index (χ1v) is 8.94. The average Bonchev–Trinajstić information content (AvgIpc) is 3.16. The van der Waals surface area contributed by atoms with Gasteiger partial charge in [0, 0.05) is 5.56 Å². The highest BCUT2D eigenvalue weighted by atomic mass is 35.5. The molecule has 0 aliphatic carbocycles. The SMILES string of the molecule is Cc1ccc(OCC(=O)N/N=C\c2ccc(-c3ccc(Cl)c(C(=O)O)c3)o2)cc1. The normalized spacial score (nSPS) is 10.8. The predicted octanol–water partition coefficient (Wildman–Crippen LogP) is 4.14. The first-order chi connectivity index (χ1) is 13.9. The molecule has 1 aromatic heterocycles. The van der Waals surface area contributed by atoms with Crippen LogP contribution >= 0.6 is 11.6 Å². The van der Waals surface area contributed by atoms with E-state index in [9.17, 15) is 9.59 Å². The van der Waals surface area contributed by atoms with Gasteiger partial charge in [0.1, 0.15) is 17.3 Å². The third kappa shape index (κ3) is 5.46. The number of carboxylic acid groups (broad SMARTS) is 1. The molecule has 29 heavy (non-hydrogen) atoms.